The number of alkyl halides is 2. The monoisotopic (exact) mass is 240 g/mol. The Hall–Kier alpha value is -1.52. The van der Waals surface area contributed by atoms with Gasteiger partial charge in [0, 0.05) is 31.1 Å². The normalized spacial score (nSPS) is 25.8. The molecule has 1 saturated heterocycles. The molecule has 0 spiro atoms. The molecule has 1 fully saturated rings. The quantitative estimate of drug-likeness (QED) is 0.707. The van der Waals surface area contributed by atoms with Crippen LogP contribution in [0.4, 0.5) is 20.2 Å². The first-order valence-corrected chi connectivity index (χ1v) is 5.72. The van der Waals surface area contributed by atoms with Gasteiger partial charge in [0.25, 0.3) is 5.92 Å². The van der Waals surface area contributed by atoms with Crippen LogP contribution in [-0.2, 0) is 0 Å². The number of fused-ring (bicyclic) bond motifs is 3. The molecule has 17 heavy (non-hydrogen) atoms. The number of halogens is 2. The molecule has 2 aliphatic rings. The Morgan fingerprint density at radius 1 is 1.41 bits per heavy atom. The largest absolute Gasteiger partial charge is 0.489 e. The van der Waals surface area contributed by atoms with Crippen LogP contribution >= 0.6 is 0 Å². The van der Waals surface area contributed by atoms with E-state index in [2.05, 4.69) is 0 Å². The van der Waals surface area contributed by atoms with Crippen LogP contribution in [0.2, 0.25) is 0 Å². The summed E-state index contributed by atoms with van der Waals surface area (Å²) in [7, 11) is 0. The van der Waals surface area contributed by atoms with Crippen LogP contribution in [-0.4, -0.2) is 25.1 Å². The van der Waals surface area contributed by atoms with Gasteiger partial charge >= 0.3 is 0 Å². The third-order valence-electron chi connectivity index (χ3n) is 3.42. The second kappa shape index (κ2) is 3.48. The van der Waals surface area contributed by atoms with Crippen LogP contribution in [0.15, 0.2) is 18.2 Å². The summed E-state index contributed by atoms with van der Waals surface area (Å²) in [6.07, 6.45) is -0.218. The van der Waals surface area contributed by atoms with Gasteiger partial charge in [0.05, 0.1) is 11.7 Å². The summed E-state index contributed by atoms with van der Waals surface area (Å²) in [6.45, 7) is 0.685. The fourth-order valence-electron chi connectivity index (χ4n) is 2.56. The zero-order valence-corrected chi connectivity index (χ0v) is 9.33. The number of ether oxygens (including phenoxy) is 1. The molecular formula is C12H14F2N2O. The van der Waals surface area contributed by atoms with Crippen molar-refractivity contribution in [2.45, 2.75) is 24.8 Å². The minimum atomic E-state index is -2.56. The summed E-state index contributed by atoms with van der Waals surface area (Å²) >= 11 is 0. The number of hydrogen-bond acceptors (Lipinski definition) is 3. The highest BCUT2D eigenvalue weighted by Crippen LogP contribution is 2.41. The SMILES string of the molecule is Nc1ccc2c(c1)OCC1CC(F)(F)CCN21. The first kappa shape index (κ1) is 10.6. The van der Waals surface area contributed by atoms with Gasteiger partial charge < -0.3 is 15.4 Å². The first-order valence-electron chi connectivity index (χ1n) is 5.72. The molecule has 1 aromatic carbocycles. The van der Waals surface area contributed by atoms with Crippen molar-refractivity contribution in [3.63, 3.8) is 0 Å². The van der Waals surface area contributed by atoms with Gasteiger partial charge in [0.2, 0.25) is 0 Å². The van der Waals surface area contributed by atoms with E-state index in [1.165, 1.54) is 0 Å². The molecule has 0 amide bonds. The predicted molar refractivity (Wildman–Crippen MR) is 61.7 cm³/mol. The van der Waals surface area contributed by atoms with E-state index in [9.17, 15) is 8.78 Å². The van der Waals surface area contributed by atoms with Gasteiger partial charge in [-0.2, -0.15) is 0 Å². The Morgan fingerprint density at radius 3 is 3.06 bits per heavy atom. The summed E-state index contributed by atoms with van der Waals surface area (Å²) in [5.74, 6) is -1.86. The van der Waals surface area contributed by atoms with Crippen LogP contribution < -0.4 is 15.4 Å². The van der Waals surface area contributed by atoms with Crippen molar-refractivity contribution in [1.29, 1.82) is 0 Å². The van der Waals surface area contributed by atoms with Crippen molar-refractivity contribution >= 4 is 11.4 Å². The van der Waals surface area contributed by atoms with E-state index < -0.39 is 5.92 Å². The van der Waals surface area contributed by atoms with Crippen LogP contribution in [0.25, 0.3) is 0 Å². The third-order valence-corrected chi connectivity index (χ3v) is 3.42. The number of rotatable bonds is 0. The van der Waals surface area contributed by atoms with E-state index in [4.69, 9.17) is 10.5 Å². The Labute approximate surface area is 98.2 Å². The molecular weight excluding hydrogens is 226 g/mol. The van der Waals surface area contributed by atoms with Gasteiger partial charge in [-0.15, -0.1) is 0 Å². The molecule has 0 radical (unpaired) electrons. The van der Waals surface area contributed by atoms with Crippen LogP contribution in [0.1, 0.15) is 12.8 Å². The second-order valence-corrected chi connectivity index (χ2v) is 4.70. The van der Waals surface area contributed by atoms with Crippen LogP contribution in [0.3, 0.4) is 0 Å². The molecule has 2 aliphatic heterocycles. The molecule has 2 N–H and O–H groups in total. The summed E-state index contributed by atoms with van der Waals surface area (Å²) < 4.78 is 32.1. The number of hydrogen-bond donors (Lipinski definition) is 1. The topological polar surface area (TPSA) is 38.5 Å². The smallest absolute Gasteiger partial charge is 0.251 e. The highest BCUT2D eigenvalue weighted by atomic mass is 19.3. The number of piperidine rings is 1. The molecule has 0 aromatic heterocycles. The fraction of sp³-hybridized carbons (Fsp3) is 0.500. The van der Waals surface area contributed by atoms with E-state index >= 15 is 0 Å². The molecule has 1 aromatic rings. The Balaban J connectivity index is 1.93. The summed E-state index contributed by atoms with van der Waals surface area (Å²) in [5.41, 5.74) is 7.18. The maximum atomic E-state index is 13.3. The average molecular weight is 240 g/mol. The van der Waals surface area contributed by atoms with Crippen molar-refractivity contribution in [3.8, 4) is 5.75 Å². The molecule has 0 aliphatic carbocycles. The molecule has 92 valence electrons. The summed E-state index contributed by atoms with van der Waals surface area (Å²) in [5, 5.41) is 0. The van der Waals surface area contributed by atoms with Crippen molar-refractivity contribution in [3.05, 3.63) is 18.2 Å². The number of anilines is 2. The highest BCUT2D eigenvalue weighted by molar-refractivity contribution is 5.65. The zero-order chi connectivity index (χ0) is 12.0. The average Bonchev–Trinajstić information content (AvgIpc) is 2.27. The van der Waals surface area contributed by atoms with Crippen molar-refractivity contribution in [1.82, 2.24) is 0 Å². The maximum Gasteiger partial charge on any atom is 0.251 e. The number of nitrogens with zero attached hydrogens (tertiary/aromatic N) is 1. The van der Waals surface area contributed by atoms with E-state index in [1.807, 2.05) is 11.0 Å². The minimum Gasteiger partial charge on any atom is -0.489 e. The second-order valence-electron chi connectivity index (χ2n) is 4.70. The number of nitrogens with two attached hydrogens (primary N) is 1. The lowest BCUT2D eigenvalue weighted by atomic mass is 9.96. The van der Waals surface area contributed by atoms with E-state index in [0.717, 1.165) is 5.69 Å². The first-order chi connectivity index (χ1) is 8.05. The lowest BCUT2D eigenvalue weighted by Crippen LogP contribution is -2.51. The molecule has 5 heteroatoms. The maximum absolute atomic E-state index is 13.3. The number of nitrogen functional groups attached to an aromatic ring is 1. The Bertz CT molecular complexity index is 450. The van der Waals surface area contributed by atoms with Gasteiger partial charge in [-0.3, -0.25) is 0 Å². The zero-order valence-electron chi connectivity index (χ0n) is 9.33. The highest BCUT2D eigenvalue weighted by Gasteiger charge is 2.42. The summed E-state index contributed by atoms with van der Waals surface area (Å²) in [6, 6.07) is 5.14. The fourth-order valence-corrected chi connectivity index (χ4v) is 2.56. The van der Waals surface area contributed by atoms with Crippen LogP contribution in [0.5, 0.6) is 5.75 Å². The van der Waals surface area contributed by atoms with E-state index in [0.29, 0.717) is 24.6 Å². The molecule has 3 rings (SSSR count). The lowest BCUT2D eigenvalue weighted by Gasteiger charge is -2.44. The van der Waals surface area contributed by atoms with Crippen LogP contribution in [0, 0.1) is 0 Å². The molecule has 1 atom stereocenters. The molecule has 0 saturated carbocycles. The third kappa shape index (κ3) is 1.79. The molecule has 0 bridgehead atoms. The van der Waals surface area contributed by atoms with Crippen molar-refractivity contribution in [2.75, 3.05) is 23.8 Å². The Morgan fingerprint density at radius 2 is 2.24 bits per heavy atom. The van der Waals surface area contributed by atoms with Crippen molar-refractivity contribution in [2.24, 2.45) is 0 Å². The molecule has 3 nitrogen and oxygen atoms in total. The van der Waals surface area contributed by atoms with Gasteiger partial charge in [-0.05, 0) is 12.1 Å². The Kier molecular flexibility index (Phi) is 2.18. The molecule has 2 heterocycles. The van der Waals surface area contributed by atoms with Crippen molar-refractivity contribution < 1.29 is 13.5 Å². The molecule has 1 unspecified atom stereocenters. The van der Waals surface area contributed by atoms with E-state index in [1.54, 1.807) is 12.1 Å². The minimum absolute atomic E-state index is 0.0900. The van der Waals surface area contributed by atoms with Gasteiger partial charge in [0.1, 0.15) is 12.4 Å². The lowest BCUT2D eigenvalue weighted by molar-refractivity contribution is -0.0400. The van der Waals surface area contributed by atoms with Gasteiger partial charge in [0.15, 0.2) is 0 Å². The predicted octanol–water partition coefficient (Wildman–Crippen LogP) is 2.27. The summed E-state index contributed by atoms with van der Waals surface area (Å²) in [4.78, 5) is 2.01. The standard InChI is InChI=1S/C12H14F2N2O/c13-12(14)3-4-16-9(6-12)7-17-11-5-8(15)1-2-10(11)16/h1-2,5,9H,3-4,6-7,15H2. The van der Waals surface area contributed by atoms with E-state index in [-0.39, 0.29) is 18.9 Å². The van der Waals surface area contributed by atoms with Gasteiger partial charge in [-0.25, -0.2) is 8.78 Å². The van der Waals surface area contributed by atoms with Gasteiger partial charge in [-0.1, -0.05) is 0 Å². The number of benzene rings is 1.